The number of aryl methyl sites for hydroxylation is 2. The molecular formula is C17H21N5O3. The molecule has 0 radical (unpaired) electrons. The molecule has 0 saturated heterocycles. The maximum absolute atomic E-state index is 5.99. The van der Waals surface area contributed by atoms with E-state index in [9.17, 15) is 0 Å². The fraction of sp³-hybridized carbons (Fsp3) is 0.294. The SMILES string of the molecule is COc1cc(CCc2c[nH]c3nc(N)nc(N)c23)cc(OC)c1OC. The minimum atomic E-state index is 0.156. The molecule has 3 aromatic rings. The molecule has 8 nitrogen and oxygen atoms in total. The first-order valence-corrected chi connectivity index (χ1v) is 7.75. The number of H-pyrrole nitrogens is 1. The predicted molar refractivity (Wildman–Crippen MR) is 96.2 cm³/mol. The maximum atomic E-state index is 5.99. The number of nitrogens with two attached hydrogens (primary N) is 2. The average molecular weight is 343 g/mol. The van der Waals surface area contributed by atoms with Crippen molar-refractivity contribution in [1.82, 2.24) is 15.0 Å². The molecule has 0 bridgehead atoms. The molecule has 2 aromatic heterocycles. The molecule has 0 aliphatic heterocycles. The van der Waals surface area contributed by atoms with Crippen molar-refractivity contribution in [3.05, 3.63) is 29.5 Å². The molecule has 0 saturated carbocycles. The Balaban J connectivity index is 1.89. The summed E-state index contributed by atoms with van der Waals surface area (Å²) in [4.78, 5) is 11.3. The minimum absolute atomic E-state index is 0.156. The Morgan fingerprint density at radius 2 is 1.64 bits per heavy atom. The van der Waals surface area contributed by atoms with E-state index >= 15 is 0 Å². The molecule has 0 aliphatic rings. The Morgan fingerprint density at radius 1 is 0.960 bits per heavy atom. The van der Waals surface area contributed by atoms with Crippen LogP contribution in [0.25, 0.3) is 11.0 Å². The zero-order valence-electron chi connectivity index (χ0n) is 14.4. The van der Waals surface area contributed by atoms with Crippen LogP contribution in [0.4, 0.5) is 11.8 Å². The van der Waals surface area contributed by atoms with E-state index in [0.29, 0.717) is 28.7 Å². The van der Waals surface area contributed by atoms with Gasteiger partial charge in [-0.25, -0.2) is 0 Å². The molecule has 0 fully saturated rings. The van der Waals surface area contributed by atoms with Crippen LogP contribution in [0.2, 0.25) is 0 Å². The molecule has 1 aromatic carbocycles. The van der Waals surface area contributed by atoms with Crippen molar-refractivity contribution < 1.29 is 14.2 Å². The lowest BCUT2D eigenvalue weighted by molar-refractivity contribution is 0.324. The number of hydrogen-bond acceptors (Lipinski definition) is 7. The number of hydrogen-bond donors (Lipinski definition) is 3. The average Bonchev–Trinajstić information content (AvgIpc) is 3.01. The molecule has 25 heavy (non-hydrogen) atoms. The summed E-state index contributed by atoms with van der Waals surface area (Å²) in [6, 6.07) is 3.88. The van der Waals surface area contributed by atoms with Gasteiger partial charge in [0.1, 0.15) is 11.5 Å². The van der Waals surface area contributed by atoms with Gasteiger partial charge in [0, 0.05) is 6.20 Å². The van der Waals surface area contributed by atoms with Crippen molar-refractivity contribution in [1.29, 1.82) is 0 Å². The van der Waals surface area contributed by atoms with Gasteiger partial charge in [0.05, 0.1) is 26.7 Å². The summed E-state index contributed by atoms with van der Waals surface area (Å²) in [6.07, 6.45) is 3.39. The van der Waals surface area contributed by atoms with Crippen LogP contribution in [0.5, 0.6) is 17.2 Å². The zero-order valence-corrected chi connectivity index (χ0v) is 14.4. The van der Waals surface area contributed by atoms with Crippen LogP contribution >= 0.6 is 0 Å². The number of nitrogen functional groups attached to an aromatic ring is 2. The lowest BCUT2D eigenvalue weighted by Crippen LogP contribution is -2.01. The molecule has 0 spiro atoms. The number of nitrogens with zero attached hydrogens (tertiary/aromatic N) is 2. The fourth-order valence-corrected chi connectivity index (χ4v) is 2.90. The summed E-state index contributed by atoms with van der Waals surface area (Å²) in [5, 5.41) is 0.807. The Morgan fingerprint density at radius 3 is 2.24 bits per heavy atom. The van der Waals surface area contributed by atoms with Gasteiger partial charge in [0.2, 0.25) is 11.7 Å². The topological polar surface area (TPSA) is 121 Å². The largest absolute Gasteiger partial charge is 0.493 e. The highest BCUT2D eigenvalue weighted by Gasteiger charge is 2.15. The lowest BCUT2D eigenvalue weighted by Gasteiger charge is -2.14. The molecule has 132 valence electrons. The van der Waals surface area contributed by atoms with Crippen molar-refractivity contribution in [2.24, 2.45) is 0 Å². The Kier molecular flexibility index (Phi) is 4.51. The molecule has 5 N–H and O–H groups in total. The quantitative estimate of drug-likeness (QED) is 0.625. The van der Waals surface area contributed by atoms with Gasteiger partial charge in [-0.2, -0.15) is 9.97 Å². The van der Waals surface area contributed by atoms with Crippen LogP contribution in [0.1, 0.15) is 11.1 Å². The normalized spacial score (nSPS) is 10.8. The van der Waals surface area contributed by atoms with E-state index in [2.05, 4.69) is 15.0 Å². The van der Waals surface area contributed by atoms with E-state index in [-0.39, 0.29) is 5.95 Å². The highest BCUT2D eigenvalue weighted by molar-refractivity contribution is 5.90. The van der Waals surface area contributed by atoms with Gasteiger partial charge < -0.3 is 30.7 Å². The summed E-state index contributed by atoms with van der Waals surface area (Å²) in [5.41, 5.74) is 14.3. The van der Waals surface area contributed by atoms with Crippen molar-refractivity contribution in [2.45, 2.75) is 12.8 Å². The Labute approximate surface area is 145 Å². The molecule has 0 amide bonds. The first-order valence-electron chi connectivity index (χ1n) is 7.75. The van der Waals surface area contributed by atoms with Gasteiger partial charge in [-0.15, -0.1) is 0 Å². The van der Waals surface area contributed by atoms with E-state index in [1.807, 2.05) is 18.3 Å². The van der Waals surface area contributed by atoms with Crippen molar-refractivity contribution >= 4 is 22.8 Å². The van der Waals surface area contributed by atoms with Crippen LogP contribution in [-0.4, -0.2) is 36.3 Å². The third-order valence-electron chi connectivity index (χ3n) is 4.07. The summed E-state index contributed by atoms with van der Waals surface area (Å²) in [7, 11) is 4.78. The highest BCUT2D eigenvalue weighted by atomic mass is 16.5. The van der Waals surface area contributed by atoms with E-state index in [1.54, 1.807) is 21.3 Å². The summed E-state index contributed by atoms with van der Waals surface area (Å²) < 4.78 is 16.1. The van der Waals surface area contributed by atoms with Gasteiger partial charge in [-0.05, 0) is 36.1 Å². The van der Waals surface area contributed by atoms with E-state index < -0.39 is 0 Å². The first kappa shape index (κ1) is 16.7. The third kappa shape index (κ3) is 3.10. The number of ether oxygens (including phenoxy) is 3. The second kappa shape index (κ2) is 6.76. The monoisotopic (exact) mass is 343 g/mol. The van der Waals surface area contributed by atoms with Crippen LogP contribution in [0, 0.1) is 0 Å². The second-order valence-corrected chi connectivity index (χ2v) is 5.54. The number of methoxy groups -OCH3 is 3. The van der Waals surface area contributed by atoms with Gasteiger partial charge >= 0.3 is 0 Å². The molecular weight excluding hydrogens is 322 g/mol. The lowest BCUT2D eigenvalue weighted by atomic mass is 10.0. The predicted octanol–water partition coefficient (Wildman–Crippen LogP) is 1.93. The molecule has 3 rings (SSSR count). The van der Waals surface area contributed by atoms with Gasteiger partial charge in [-0.3, -0.25) is 0 Å². The van der Waals surface area contributed by atoms with Crippen LogP contribution < -0.4 is 25.7 Å². The number of aromatic amines is 1. The minimum Gasteiger partial charge on any atom is -0.493 e. The molecule has 8 heteroatoms. The van der Waals surface area contributed by atoms with Crippen molar-refractivity contribution in [3.8, 4) is 17.2 Å². The van der Waals surface area contributed by atoms with Crippen LogP contribution in [0.15, 0.2) is 18.3 Å². The summed E-state index contributed by atoms with van der Waals surface area (Å²) in [5.74, 6) is 2.37. The fourth-order valence-electron chi connectivity index (χ4n) is 2.90. The Bertz CT molecular complexity index is 882. The number of aromatic nitrogens is 3. The van der Waals surface area contributed by atoms with E-state index in [4.69, 9.17) is 25.7 Å². The first-order chi connectivity index (χ1) is 12.1. The molecule has 0 atom stereocenters. The second-order valence-electron chi connectivity index (χ2n) is 5.54. The molecule has 0 aliphatic carbocycles. The zero-order chi connectivity index (χ0) is 18.0. The van der Waals surface area contributed by atoms with Crippen molar-refractivity contribution in [2.75, 3.05) is 32.8 Å². The Hall–Kier alpha value is -3.16. The summed E-state index contributed by atoms with van der Waals surface area (Å²) >= 11 is 0. The molecule has 0 unspecified atom stereocenters. The highest BCUT2D eigenvalue weighted by Crippen LogP contribution is 2.38. The van der Waals surface area contributed by atoms with Crippen molar-refractivity contribution in [3.63, 3.8) is 0 Å². The standard InChI is InChI=1S/C17H21N5O3/c1-23-11-6-9(7-12(24-2)14(11)25-3)4-5-10-8-20-16-13(10)15(18)21-17(19)22-16/h6-8H,4-5H2,1-3H3,(H5,18,19,20,21,22). The maximum Gasteiger partial charge on any atom is 0.223 e. The number of anilines is 2. The number of fused-ring (bicyclic) bond motifs is 1. The van der Waals surface area contributed by atoms with E-state index in [0.717, 1.165) is 29.4 Å². The van der Waals surface area contributed by atoms with Crippen LogP contribution in [-0.2, 0) is 12.8 Å². The number of nitrogens with one attached hydrogen (secondary N) is 1. The van der Waals surface area contributed by atoms with Gasteiger partial charge in [0.25, 0.3) is 0 Å². The van der Waals surface area contributed by atoms with Crippen LogP contribution in [0.3, 0.4) is 0 Å². The van der Waals surface area contributed by atoms with Gasteiger partial charge in [0.15, 0.2) is 11.5 Å². The third-order valence-corrected chi connectivity index (χ3v) is 4.07. The number of benzene rings is 1. The van der Waals surface area contributed by atoms with Gasteiger partial charge in [-0.1, -0.05) is 0 Å². The smallest absolute Gasteiger partial charge is 0.223 e. The number of rotatable bonds is 6. The molecule has 2 heterocycles. The van der Waals surface area contributed by atoms with E-state index in [1.165, 1.54) is 0 Å². The summed E-state index contributed by atoms with van der Waals surface area (Å²) in [6.45, 7) is 0.